The van der Waals surface area contributed by atoms with Crippen LogP contribution in [0.15, 0.2) is 28.2 Å². The van der Waals surface area contributed by atoms with Crippen molar-refractivity contribution in [2.45, 2.75) is 32.0 Å². The third-order valence-electron chi connectivity index (χ3n) is 3.15. The number of methoxy groups -OCH3 is 1. The highest BCUT2D eigenvalue weighted by Crippen LogP contribution is 2.21. The van der Waals surface area contributed by atoms with Crippen molar-refractivity contribution < 1.29 is 4.74 Å². The third kappa shape index (κ3) is 4.24. The molecule has 0 aliphatic heterocycles. The van der Waals surface area contributed by atoms with Crippen LogP contribution < -0.4 is 5.56 Å². The number of fused-ring (bicyclic) bond motifs is 1. The molecule has 1 aromatic carbocycles. The number of halogens is 1. The van der Waals surface area contributed by atoms with Crippen LogP contribution in [0.4, 0.5) is 0 Å². The lowest BCUT2D eigenvalue weighted by atomic mass is 10.2. The molecule has 0 saturated carbocycles. The monoisotopic (exact) mass is 340 g/mol. The van der Waals surface area contributed by atoms with Crippen LogP contribution in [0.5, 0.6) is 0 Å². The smallest absolute Gasteiger partial charge is 0.262 e. The molecule has 4 nitrogen and oxygen atoms in total. The number of hydrogen-bond acceptors (Lipinski definition) is 4. The van der Waals surface area contributed by atoms with E-state index in [1.165, 1.54) is 0 Å². The standard InChI is InChI=1S/C16H21ClN2O2S/c1-11(2)10-19-15(20)13-9-12(17)5-6-14(13)18-16(19)22-8-4-7-21-3/h5-6,9,11H,4,7-8,10H2,1-3H3. The predicted molar refractivity (Wildman–Crippen MR) is 93.1 cm³/mol. The van der Waals surface area contributed by atoms with Crippen molar-refractivity contribution in [3.8, 4) is 0 Å². The van der Waals surface area contributed by atoms with Gasteiger partial charge in [0.2, 0.25) is 0 Å². The van der Waals surface area contributed by atoms with E-state index in [1.54, 1.807) is 41.6 Å². The fraction of sp³-hybridized carbons (Fsp3) is 0.500. The zero-order valence-corrected chi connectivity index (χ0v) is 14.7. The molecule has 0 fully saturated rings. The molecular formula is C16H21ClN2O2S. The van der Waals surface area contributed by atoms with E-state index >= 15 is 0 Å². The van der Waals surface area contributed by atoms with Crippen LogP contribution >= 0.6 is 23.4 Å². The molecule has 0 atom stereocenters. The fourth-order valence-corrected chi connectivity index (χ4v) is 3.27. The summed E-state index contributed by atoms with van der Waals surface area (Å²) in [5, 5.41) is 1.90. The Bertz CT molecular complexity index is 700. The lowest BCUT2D eigenvalue weighted by Crippen LogP contribution is -2.25. The van der Waals surface area contributed by atoms with Gasteiger partial charge in [0, 0.05) is 31.0 Å². The molecular weight excluding hydrogens is 320 g/mol. The molecule has 0 radical (unpaired) electrons. The number of hydrogen-bond donors (Lipinski definition) is 0. The summed E-state index contributed by atoms with van der Waals surface area (Å²) in [6.07, 6.45) is 0.928. The fourth-order valence-electron chi connectivity index (χ4n) is 2.18. The van der Waals surface area contributed by atoms with E-state index < -0.39 is 0 Å². The van der Waals surface area contributed by atoms with E-state index in [0.717, 1.165) is 17.3 Å². The summed E-state index contributed by atoms with van der Waals surface area (Å²) in [4.78, 5) is 17.4. The first-order valence-corrected chi connectivity index (χ1v) is 8.71. The van der Waals surface area contributed by atoms with E-state index in [9.17, 15) is 4.79 Å². The van der Waals surface area contributed by atoms with E-state index in [1.807, 2.05) is 0 Å². The van der Waals surface area contributed by atoms with Gasteiger partial charge in [-0.05, 0) is 30.5 Å². The minimum absolute atomic E-state index is 0.0181. The van der Waals surface area contributed by atoms with Crippen molar-refractivity contribution in [3.63, 3.8) is 0 Å². The molecule has 0 spiro atoms. The second-order valence-corrected chi connectivity index (χ2v) is 7.06. The topological polar surface area (TPSA) is 44.1 Å². The van der Waals surface area contributed by atoms with Gasteiger partial charge in [-0.3, -0.25) is 9.36 Å². The highest BCUT2D eigenvalue weighted by molar-refractivity contribution is 7.99. The molecule has 0 saturated heterocycles. The maximum absolute atomic E-state index is 12.8. The van der Waals surface area contributed by atoms with Gasteiger partial charge in [0.25, 0.3) is 5.56 Å². The first kappa shape index (κ1) is 17.3. The van der Waals surface area contributed by atoms with Crippen molar-refractivity contribution in [3.05, 3.63) is 33.6 Å². The molecule has 6 heteroatoms. The Morgan fingerprint density at radius 2 is 2.18 bits per heavy atom. The second-order valence-electron chi connectivity index (χ2n) is 5.56. The van der Waals surface area contributed by atoms with Gasteiger partial charge in [-0.25, -0.2) is 4.98 Å². The van der Waals surface area contributed by atoms with Gasteiger partial charge < -0.3 is 4.74 Å². The molecule has 22 heavy (non-hydrogen) atoms. The second kappa shape index (κ2) is 7.99. The Hall–Kier alpha value is -1.04. The molecule has 0 aliphatic rings. The highest BCUT2D eigenvalue weighted by Gasteiger charge is 2.13. The summed E-state index contributed by atoms with van der Waals surface area (Å²) in [7, 11) is 1.69. The van der Waals surface area contributed by atoms with Gasteiger partial charge in [-0.2, -0.15) is 0 Å². The van der Waals surface area contributed by atoms with Crippen molar-refractivity contribution in [1.82, 2.24) is 9.55 Å². The van der Waals surface area contributed by atoms with Gasteiger partial charge in [-0.15, -0.1) is 0 Å². The normalized spacial score (nSPS) is 11.5. The summed E-state index contributed by atoms with van der Waals surface area (Å²) in [5.41, 5.74) is 0.680. The number of benzene rings is 1. The van der Waals surface area contributed by atoms with Crippen molar-refractivity contribution >= 4 is 34.3 Å². The summed E-state index contributed by atoms with van der Waals surface area (Å²) < 4.78 is 6.83. The zero-order chi connectivity index (χ0) is 16.1. The lowest BCUT2D eigenvalue weighted by molar-refractivity contribution is 0.200. The highest BCUT2D eigenvalue weighted by atomic mass is 35.5. The Balaban J connectivity index is 2.43. The number of aromatic nitrogens is 2. The first-order chi connectivity index (χ1) is 10.5. The van der Waals surface area contributed by atoms with Crippen molar-refractivity contribution in [1.29, 1.82) is 0 Å². The average Bonchev–Trinajstić information content (AvgIpc) is 2.47. The van der Waals surface area contributed by atoms with Crippen LogP contribution in [0.2, 0.25) is 5.02 Å². The Morgan fingerprint density at radius 3 is 2.86 bits per heavy atom. The van der Waals surface area contributed by atoms with Crippen LogP contribution in [-0.4, -0.2) is 29.0 Å². The molecule has 0 unspecified atom stereocenters. The molecule has 2 rings (SSSR count). The SMILES string of the molecule is COCCCSc1nc2ccc(Cl)cc2c(=O)n1CC(C)C. The van der Waals surface area contributed by atoms with Gasteiger partial charge in [-0.1, -0.05) is 37.2 Å². The molecule has 1 heterocycles. The van der Waals surface area contributed by atoms with Crippen LogP contribution in [0.25, 0.3) is 10.9 Å². The van der Waals surface area contributed by atoms with Crippen molar-refractivity contribution in [2.24, 2.45) is 5.92 Å². The van der Waals surface area contributed by atoms with Crippen molar-refractivity contribution in [2.75, 3.05) is 19.5 Å². The molecule has 0 amide bonds. The van der Waals surface area contributed by atoms with E-state index in [2.05, 4.69) is 18.8 Å². The molecule has 0 aliphatic carbocycles. The zero-order valence-electron chi connectivity index (χ0n) is 13.1. The molecule has 0 N–H and O–H groups in total. The average molecular weight is 341 g/mol. The maximum Gasteiger partial charge on any atom is 0.262 e. The number of thioether (sulfide) groups is 1. The van der Waals surface area contributed by atoms with Gasteiger partial charge in [0.15, 0.2) is 5.16 Å². The molecule has 0 bridgehead atoms. The van der Waals surface area contributed by atoms with E-state index in [4.69, 9.17) is 16.3 Å². The first-order valence-electron chi connectivity index (χ1n) is 7.34. The Labute approximate surface area is 139 Å². The largest absolute Gasteiger partial charge is 0.385 e. The molecule has 2 aromatic rings. The van der Waals surface area contributed by atoms with Gasteiger partial charge >= 0.3 is 0 Å². The molecule has 1 aromatic heterocycles. The van der Waals surface area contributed by atoms with Gasteiger partial charge in [0.1, 0.15) is 0 Å². The Kier molecular flexibility index (Phi) is 6.29. The van der Waals surface area contributed by atoms with E-state index in [-0.39, 0.29) is 5.56 Å². The lowest BCUT2D eigenvalue weighted by Gasteiger charge is -2.15. The third-order valence-corrected chi connectivity index (χ3v) is 4.45. The minimum Gasteiger partial charge on any atom is -0.385 e. The summed E-state index contributed by atoms with van der Waals surface area (Å²) in [6, 6.07) is 5.27. The van der Waals surface area contributed by atoms with Gasteiger partial charge in [0.05, 0.1) is 10.9 Å². The summed E-state index contributed by atoms with van der Waals surface area (Å²) >= 11 is 7.61. The quantitative estimate of drug-likeness (QED) is 0.436. The molecule has 120 valence electrons. The summed E-state index contributed by atoms with van der Waals surface area (Å²) in [5.74, 6) is 1.24. The summed E-state index contributed by atoms with van der Waals surface area (Å²) in [6.45, 7) is 5.55. The minimum atomic E-state index is -0.0181. The number of nitrogens with zero attached hydrogens (tertiary/aromatic N) is 2. The van der Waals surface area contributed by atoms with Crippen LogP contribution in [0, 0.1) is 5.92 Å². The number of rotatable bonds is 7. The van der Waals surface area contributed by atoms with E-state index in [0.29, 0.717) is 35.0 Å². The number of ether oxygens (including phenoxy) is 1. The van der Waals surface area contributed by atoms with Crippen LogP contribution in [0.3, 0.4) is 0 Å². The predicted octanol–water partition coefficient (Wildman–Crippen LogP) is 3.83. The van der Waals surface area contributed by atoms with Crippen LogP contribution in [0.1, 0.15) is 20.3 Å². The Morgan fingerprint density at radius 1 is 1.41 bits per heavy atom. The van der Waals surface area contributed by atoms with Crippen LogP contribution in [-0.2, 0) is 11.3 Å². The maximum atomic E-state index is 12.8.